The van der Waals surface area contributed by atoms with E-state index in [9.17, 15) is 12.8 Å². The summed E-state index contributed by atoms with van der Waals surface area (Å²) >= 11 is 6.12. The molecule has 0 amide bonds. The van der Waals surface area contributed by atoms with E-state index in [1.165, 1.54) is 24.3 Å². The van der Waals surface area contributed by atoms with Gasteiger partial charge in [-0.3, -0.25) is 0 Å². The van der Waals surface area contributed by atoms with Crippen LogP contribution in [-0.2, 0) is 16.3 Å². The van der Waals surface area contributed by atoms with E-state index in [4.69, 9.17) is 26.8 Å². The number of halogens is 2. The number of methoxy groups -OCH3 is 2. The van der Waals surface area contributed by atoms with Crippen molar-refractivity contribution >= 4 is 27.1 Å². The maximum absolute atomic E-state index is 13.9. The Labute approximate surface area is 214 Å². The molecule has 6 nitrogen and oxygen atoms in total. The molecule has 2 aliphatic rings. The highest BCUT2D eigenvalue weighted by atomic mass is 35.5. The van der Waals surface area contributed by atoms with E-state index < -0.39 is 21.6 Å². The van der Waals surface area contributed by atoms with Gasteiger partial charge in [0.25, 0.3) is 0 Å². The van der Waals surface area contributed by atoms with Crippen molar-refractivity contribution in [1.82, 2.24) is 4.90 Å². The number of hydrogen-bond acceptors (Lipinski definition) is 6. The van der Waals surface area contributed by atoms with E-state index >= 15 is 0 Å². The number of ether oxygens (including phenoxy) is 2. The number of nitrogens with two attached hydrogens (primary N) is 1. The second kappa shape index (κ2) is 9.19. The summed E-state index contributed by atoms with van der Waals surface area (Å²) in [7, 11) is -0.905. The zero-order chi connectivity index (χ0) is 25.6. The van der Waals surface area contributed by atoms with Crippen molar-refractivity contribution in [2.75, 3.05) is 20.8 Å². The van der Waals surface area contributed by atoms with E-state index in [0.717, 1.165) is 16.8 Å². The van der Waals surface area contributed by atoms with Crippen LogP contribution in [0, 0.1) is 5.82 Å². The van der Waals surface area contributed by atoms with Gasteiger partial charge in [-0.1, -0.05) is 29.8 Å². The minimum Gasteiger partial charge on any atom is -0.493 e. The Morgan fingerprint density at radius 3 is 2.39 bits per heavy atom. The number of nitrogens with zero attached hydrogens (tertiary/aromatic N) is 1. The number of hydrogen-bond donors (Lipinski definition) is 1. The van der Waals surface area contributed by atoms with Crippen molar-refractivity contribution in [3.05, 3.63) is 105 Å². The summed E-state index contributed by atoms with van der Waals surface area (Å²) in [5.74, 6) is 0.128. The van der Waals surface area contributed by atoms with E-state index in [0.29, 0.717) is 35.1 Å². The van der Waals surface area contributed by atoms with Crippen molar-refractivity contribution in [3.8, 4) is 11.5 Å². The topological polar surface area (TPSA) is 81.9 Å². The predicted molar refractivity (Wildman–Crippen MR) is 137 cm³/mol. The van der Waals surface area contributed by atoms with Crippen LogP contribution >= 0.6 is 11.6 Å². The first-order chi connectivity index (χ1) is 17.2. The fourth-order valence-electron chi connectivity index (χ4n) is 4.80. The van der Waals surface area contributed by atoms with E-state index in [-0.39, 0.29) is 15.6 Å². The first-order valence-corrected chi connectivity index (χ1v) is 13.1. The smallest absolute Gasteiger partial charge is 0.207 e. The van der Waals surface area contributed by atoms with Crippen LogP contribution in [0.15, 0.2) is 82.4 Å². The number of benzene rings is 3. The third-order valence-corrected chi connectivity index (χ3v) is 8.71. The number of sulfone groups is 1. The number of fused-ring (bicyclic) bond motifs is 3. The van der Waals surface area contributed by atoms with Gasteiger partial charge in [0.1, 0.15) is 16.5 Å². The monoisotopic (exact) mass is 526 g/mol. The van der Waals surface area contributed by atoms with Gasteiger partial charge in [-0.2, -0.15) is 0 Å². The molecule has 2 heterocycles. The lowest BCUT2D eigenvalue weighted by Gasteiger charge is -2.39. The van der Waals surface area contributed by atoms with Gasteiger partial charge >= 0.3 is 0 Å². The van der Waals surface area contributed by atoms with E-state index in [2.05, 4.69) is 0 Å². The zero-order valence-corrected chi connectivity index (χ0v) is 21.2. The first-order valence-electron chi connectivity index (χ1n) is 11.2. The summed E-state index contributed by atoms with van der Waals surface area (Å²) in [6.45, 7) is 0.477. The highest BCUT2D eigenvalue weighted by molar-refractivity contribution is 7.95. The summed E-state index contributed by atoms with van der Waals surface area (Å²) < 4.78 is 52.6. The molecular weight excluding hydrogens is 503 g/mol. The summed E-state index contributed by atoms with van der Waals surface area (Å²) in [4.78, 5) is 1.89. The highest BCUT2D eigenvalue weighted by Crippen LogP contribution is 2.46. The molecule has 3 aromatic rings. The van der Waals surface area contributed by atoms with Gasteiger partial charge < -0.3 is 20.1 Å². The molecule has 0 aromatic heterocycles. The summed E-state index contributed by atoms with van der Waals surface area (Å²) in [5.41, 5.74) is 9.91. The van der Waals surface area contributed by atoms with Gasteiger partial charge in [-0.25, -0.2) is 12.8 Å². The standard InChI is InChI=1S/C27H24ClFN2O4S/c1-34-24-12-17-10-11-31-23(21(17)15-25(24)35-2)14-22(16-6-8-19(29)9-7-16)26(27(31)30)36(32,33)20-5-3-4-18(28)13-20/h3-9,12-15,22H,10-11,30H2,1-2H3/t22-/m1/s1. The molecule has 3 aromatic carbocycles. The molecular formula is C27H24ClFN2O4S. The van der Waals surface area contributed by atoms with Crippen LogP contribution in [0.4, 0.5) is 4.39 Å². The normalized spacial score (nSPS) is 17.3. The van der Waals surface area contributed by atoms with Crippen LogP contribution in [0.5, 0.6) is 11.5 Å². The van der Waals surface area contributed by atoms with Gasteiger partial charge in [0.15, 0.2) is 11.5 Å². The molecule has 0 fully saturated rings. The molecule has 5 rings (SSSR count). The first kappa shape index (κ1) is 24.2. The Morgan fingerprint density at radius 2 is 1.72 bits per heavy atom. The van der Waals surface area contributed by atoms with Crippen LogP contribution in [0.3, 0.4) is 0 Å². The molecule has 9 heteroatoms. The molecule has 186 valence electrons. The van der Waals surface area contributed by atoms with Gasteiger partial charge in [0, 0.05) is 28.7 Å². The molecule has 2 N–H and O–H groups in total. The maximum Gasteiger partial charge on any atom is 0.207 e. The van der Waals surface area contributed by atoms with Crippen molar-refractivity contribution < 1.29 is 22.3 Å². The second-order valence-electron chi connectivity index (χ2n) is 8.56. The van der Waals surface area contributed by atoms with Gasteiger partial charge in [-0.05, 0) is 66.1 Å². The van der Waals surface area contributed by atoms with Crippen molar-refractivity contribution in [3.63, 3.8) is 0 Å². The van der Waals surface area contributed by atoms with Crippen LogP contribution < -0.4 is 15.2 Å². The van der Waals surface area contributed by atoms with Gasteiger partial charge in [0.2, 0.25) is 9.84 Å². The van der Waals surface area contributed by atoms with Crippen LogP contribution in [-0.4, -0.2) is 34.1 Å². The second-order valence-corrected chi connectivity index (χ2v) is 10.9. The molecule has 0 unspecified atom stereocenters. The largest absolute Gasteiger partial charge is 0.493 e. The molecule has 1 atom stereocenters. The molecule has 0 saturated heterocycles. The molecule has 0 saturated carbocycles. The minimum absolute atomic E-state index is 0.0315. The Balaban J connectivity index is 1.73. The Morgan fingerprint density at radius 1 is 1.03 bits per heavy atom. The fourth-order valence-corrected chi connectivity index (χ4v) is 6.78. The van der Waals surface area contributed by atoms with E-state index in [1.54, 1.807) is 38.5 Å². The van der Waals surface area contributed by atoms with Crippen molar-refractivity contribution in [1.29, 1.82) is 0 Å². The molecule has 0 radical (unpaired) electrons. The molecule has 0 spiro atoms. The van der Waals surface area contributed by atoms with Gasteiger partial charge in [0.05, 0.1) is 19.1 Å². The molecule has 36 heavy (non-hydrogen) atoms. The molecule has 0 aliphatic carbocycles. The lowest BCUT2D eigenvalue weighted by atomic mass is 9.88. The molecule has 0 bridgehead atoms. The number of rotatable bonds is 5. The Bertz CT molecular complexity index is 1520. The summed E-state index contributed by atoms with van der Waals surface area (Å²) in [6.07, 6.45) is 2.49. The Kier molecular flexibility index (Phi) is 6.18. The lowest BCUT2D eigenvalue weighted by Crippen LogP contribution is -2.38. The SMILES string of the molecule is COc1cc2c(cc1OC)C1=C[C@H](c3ccc(F)cc3)C(S(=O)(=O)c3cccc(Cl)c3)=C(N)N1CC2. The Hall–Kier alpha value is -3.49. The van der Waals surface area contributed by atoms with Crippen LogP contribution in [0.25, 0.3) is 5.70 Å². The number of allylic oxidation sites excluding steroid dienone is 2. The van der Waals surface area contributed by atoms with Crippen molar-refractivity contribution in [2.24, 2.45) is 5.73 Å². The van der Waals surface area contributed by atoms with Crippen molar-refractivity contribution in [2.45, 2.75) is 17.2 Å². The highest BCUT2D eigenvalue weighted by Gasteiger charge is 2.39. The molecule has 2 aliphatic heterocycles. The average Bonchev–Trinajstić information content (AvgIpc) is 2.87. The quantitative estimate of drug-likeness (QED) is 0.498. The summed E-state index contributed by atoms with van der Waals surface area (Å²) in [6, 6.07) is 15.7. The van der Waals surface area contributed by atoms with E-state index in [1.807, 2.05) is 23.1 Å². The third-order valence-electron chi connectivity index (χ3n) is 6.56. The fraction of sp³-hybridized carbons (Fsp3) is 0.185. The zero-order valence-electron chi connectivity index (χ0n) is 19.7. The summed E-state index contributed by atoms with van der Waals surface area (Å²) in [5, 5.41) is 0.300. The third kappa shape index (κ3) is 4.00. The minimum atomic E-state index is -4.05. The van der Waals surface area contributed by atoms with Crippen LogP contribution in [0.1, 0.15) is 22.6 Å². The predicted octanol–water partition coefficient (Wildman–Crippen LogP) is 5.09. The average molecular weight is 527 g/mol. The lowest BCUT2D eigenvalue weighted by molar-refractivity contribution is 0.353. The maximum atomic E-state index is 13.9. The van der Waals surface area contributed by atoms with Gasteiger partial charge in [-0.15, -0.1) is 0 Å². The van der Waals surface area contributed by atoms with Crippen LogP contribution in [0.2, 0.25) is 5.02 Å².